The number of ether oxygens (including phenoxy) is 1. The molecule has 2 aromatic carbocycles. The van der Waals surface area contributed by atoms with Crippen molar-refractivity contribution >= 4 is 29.2 Å². The number of aryl methyl sites for hydroxylation is 3. The monoisotopic (exact) mass is 449 g/mol. The number of nitrogens with zero attached hydrogens (tertiary/aromatic N) is 1. The molecule has 0 saturated carbocycles. The van der Waals surface area contributed by atoms with E-state index in [0.29, 0.717) is 17.1 Å². The largest absolute Gasteiger partial charge is 0.469 e. The Morgan fingerprint density at radius 3 is 2.52 bits per heavy atom. The third kappa shape index (κ3) is 6.44. The lowest BCUT2D eigenvalue weighted by Gasteiger charge is -2.24. The summed E-state index contributed by atoms with van der Waals surface area (Å²) in [4.78, 5) is 39.1. The van der Waals surface area contributed by atoms with Gasteiger partial charge in [-0.15, -0.1) is 0 Å². The molecule has 1 aliphatic heterocycles. The molecule has 1 heterocycles. The van der Waals surface area contributed by atoms with Crippen molar-refractivity contribution in [3.05, 3.63) is 70.9 Å². The molecule has 2 N–H and O–H groups in total. The summed E-state index contributed by atoms with van der Waals surface area (Å²) < 4.78 is 4.74. The van der Waals surface area contributed by atoms with E-state index in [1.165, 1.54) is 23.6 Å². The number of esters is 1. The summed E-state index contributed by atoms with van der Waals surface area (Å²) in [6.45, 7) is 5.77. The second kappa shape index (κ2) is 10.8. The average Bonchev–Trinajstić information content (AvgIpc) is 2.89. The molecule has 2 aromatic rings. The maximum absolute atomic E-state index is 13.1. The molecule has 3 rings (SSSR count). The Bertz CT molecular complexity index is 1060. The first-order valence-electron chi connectivity index (χ1n) is 11.1. The normalized spacial score (nSPS) is 13.9. The zero-order valence-corrected chi connectivity index (χ0v) is 19.6. The number of benzene rings is 2. The van der Waals surface area contributed by atoms with Gasteiger partial charge in [0.2, 0.25) is 5.91 Å². The molecular weight excluding hydrogens is 418 g/mol. The Hall–Kier alpha value is -3.61. The Morgan fingerprint density at radius 2 is 1.82 bits per heavy atom. The third-order valence-corrected chi connectivity index (χ3v) is 5.74. The maximum atomic E-state index is 13.1. The number of methoxy groups -OCH3 is 1. The molecule has 1 atom stereocenters. The summed E-state index contributed by atoms with van der Waals surface area (Å²) >= 11 is 0. The van der Waals surface area contributed by atoms with Gasteiger partial charge < -0.3 is 15.4 Å². The van der Waals surface area contributed by atoms with Crippen LogP contribution < -0.4 is 15.5 Å². The van der Waals surface area contributed by atoms with E-state index < -0.39 is 5.97 Å². The number of rotatable bonds is 8. The van der Waals surface area contributed by atoms with Crippen LogP contribution in [0, 0.1) is 13.8 Å². The second-order valence-electron chi connectivity index (χ2n) is 8.42. The fourth-order valence-electron chi connectivity index (χ4n) is 3.73. The standard InChI is InChI=1S/C26H31N3O4/c1-17-12-22-23(13-18(17)2)29(25(31)14-21(28-22)15-26(32)33-4)16-24(30)27-19(3)10-11-20-8-6-5-7-9-20/h5-9,12-14,19,28H,10-11,15-16H2,1-4H3,(H,27,30)/t19-/m0/s1. The SMILES string of the molecule is COC(=O)CC1=CC(=O)N(CC(=O)N[C@@H](C)CCc2ccccc2)c2cc(C)c(C)cc2N1. The van der Waals surface area contributed by atoms with Crippen LogP contribution in [0.15, 0.2) is 54.2 Å². The summed E-state index contributed by atoms with van der Waals surface area (Å²) in [6.07, 6.45) is 2.94. The molecule has 7 nitrogen and oxygen atoms in total. The Morgan fingerprint density at radius 1 is 1.12 bits per heavy atom. The van der Waals surface area contributed by atoms with E-state index in [0.717, 1.165) is 24.0 Å². The number of hydrogen-bond acceptors (Lipinski definition) is 5. The molecule has 1 aliphatic rings. The Balaban J connectivity index is 1.74. The summed E-state index contributed by atoms with van der Waals surface area (Å²) in [5.41, 5.74) is 4.95. The number of carbonyl (C=O) groups is 3. The van der Waals surface area contributed by atoms with Crippen molar-refractivity contribution in [1.82, 2.24) is 5.32 Å². The molecular formula is C26H31N3O4. The van der Waals surface area contributed by atoms with Crippen LogP contribution in [-0.2, 0) is 25.5 Å². The number of amides is 2. The number of hydrogen-bond donors (Lipinski definition) is 2. The van der Waals surface area contributed by atoms with E-state index in [4.69, 9.17) is 4.74 Å². The van der Waals surface area contributed by atoms with Gasteiger partial charge in [-0.05, 0) is 62.4 Å². The van der Waals surface area contributed by atoms with Gasteiger partial charge in [0.15, 0.2) is 0 Å². The first-order chi connectivity index (χ1) is 15.8. The highest BCUT2D eigenvalue weighted by Crippen LogP contribution is 2.33. The highest BCUT2D eigenvalue weighted by molar-refractivity contribution is 6.09. The molecule has 0 radical (unpaired) electrons. The topological polar surface area (TPSA) is 87.7 Å². The van der Waals surface area contributed by atoms with Gasteiger partial charge in [-0.2, -0.15) is 0 Å². The van der Waals surface area contributed by atoms with Crippen molar-refractivity contribution in [1.29, 1.82) is 0 Å². The Labute approximate surface area is 194 Å². The van der Waals surface area contributed by atoms with Crippen LogP contribution in [-0.4, -0.2) is 37.5 Å². The minimum absolute atomic E-state index is 0.0393. The van der Waals surface area contributed by atoms with Crippen LogP contribution in [0.4, 0.5) is 11.4 Å². The van der Waals surface area contributed by atoms with E-state index in [9.17, 15) is 14.4 Å². The minimum Gasteiger partial charge on any atom is -0.469 e. The lowest BCUT2D eigenvalue weighted by atomic mass is 10.1. The molecule has 0 spiro atoms. The van der Waals surface area contributed by atoms with Crippen LogP contribution in [0.1, 0.15) is 36.5 Å². The van der Waals surface area contributed by atoms with E-state index in [1.54, 1.807) is 0 Å². The lowest BCUT2D eigenvalue weighted by Crippen LogP contribution is -2.43. The fourth-order valence-corrected chi connectivity index (χ4v) is 3.73. The second-order valence-corrected chi connectivity index (χ2v) is 8.42. The number of fused-ring (bicyclic) bond motifs is 1. The van der Waals surface area contributed by atoms with E-state index >= 15 is 0 Å². The van der Waals surface area contributed by atoms with Crippen molar-refractivity contribution in [2.24, 2.45) is 0 Å². The van der Waals surface area contributed by atoms with Gasteiger partial charge in [-0.25, -0.2) is 0 Å². The van der Waals surface area contributed by atoms with Gasteiger partial charge in [0.05, 0.1) is 24.9 Å². The maximum Gasteiger partial charge on any atom is 0.311 e. The Kier molecular flexibility index (Phi) is 7.87. The fraction of sp³-hybridized carbons (Fsp3) is 0.346. The first kappa shape index (κ1) is 24.0. The van der Waals surface area contributed by atoms with Gasteiger partial charge in [0, 0.05) is 17.8 Å². The summed E-state index contributed by atoms with van der Waals surface area (Å²) in [6, 6.07) is 13.9. The van der Waals surface area contributed by atoms with Crippen molar-refractivity contribution in [3.8, 4) is 0 Å². The molecule has 0 aromatic heterocycles. The van der Waals surface area contributed by atoms with Gasteiger partial charge in [0.25, 0.3) is 5.91 Å². The number of nitrogens with one attached hydrogen (secondary N) is 2. The van der Waals surface area contributed by atoms with Gasteiger partial charge in [-0.1, -0.05) is 30.3 Å². The first-order valence-corrected chi connectivity index (χ1v) is 11.1. The summed E-state index contributed by atoms with van der Waals surface area (Å²) in [7, 11) is 1.30. The molecule has 0 saturated heterocycles. The van der Waals surface area contributed by atoms with E-state index in [1.807, 2.05) is 51.1 Å². The van der Waals surface area contributed by atoms with Crippen molar-refractivity contribution in [2.75, 3.05) is 23.9 Å². The summed E-state index contributed by atoms with van der Waals surface area (Å²) in [5, 5.41) is 6.17. The quantitative estimate of drug-likeness (QED) is 0.601. The minimum atomic E-state index is -0.453. The molecule has 0 fully saturated rings. The molecule has 33 heavy (non-hydrogen) atoms. The molecule has 7 heteroatoms. The smallest absolute Gasteiger partial charge is 0.311 e. The predicted octanol–water partition coefficient (Wildman–Crippen LogP) is 3.65. The highest BCUT2D eigenvalue weighted by Gasteiger charge is 2.26. The van der Waals surface area contributed by atoms with Crippen LogP contribution >= 0.6 is 0 Å². The zero-order chi connectivity index (χ0) is 24.0. The molecule has 0 bridgehead atoms. The van der Waals surface area contributed by atoms with Crippen LogP contribution in [0.3, 0.4) is 0 Å². The predicted molar refractivity (Wildman–Crippen MR) is 129 cm³/mol. The summed E-state index contributed by atoms with van der Waals surface area (Å²) in [5.74, 6) is -1.06. The van der Waals surface area contributed by atoms with E-state index in [2.05, 4.69) is 22.8 Å². The highest BCUT2D eigenvalue weighted by atomic mass is 16.5. The zero-order valence-electron chi connectivity index (χ0n) is 19.6. The molecule has 2 amide bonds. The van der Waals surface area contributed by atoms with Gasteiger partial charge in [0.1, 0.15) is 6.54 Å². The third-order valence-electron chi connectivity index (χ3n) is 5.74. The average molecular weight is 450 g/mol. The van der Waals surface area contributed by atoms with E-state index in [-0.39, 0.29) is 30.8 Å². The molecule has 174 valence electrons. The number of carbonyl (C=O) groups excluding carboxylic acids is 3. The van der Waals surface area contributed by atoms with Crippen LogP contribution in [0.2, 0.25) is 0 Å². The van der Waals surface area contributed by atoms with Crippen LogP contribution in [0.25, 0.3) is 0 Å². The van der Waals surface area contributed by atoms with Crippen molar-refractivity contribution in [2.45, 2.75) is 46.1 Å². The molecule has 0 aliphatic carbocycles. The molecule has 0 unspecified atom stereocenters. The number of anilines is 2. The van der Waals surface area contributed by atoms with Gasteiger partial charge >= 0.3 is 5.97 Å². The lowest BCUT2D eigenvalue weighted by molar-refractivity contribution is -0.139. The van der Waals surface area contributed by atoms with Crippen molar-refractivity contribution in [3.63, 3.8) is 0 Å². The van der Waals surface area contributed by atoms with Gasteiger partial charge in [-0.3, -0.25) is 19.3 Å². The van der Waals surface area contributed by atoms with Crippen LogP contribution in [0.5, 0.6) is 0 Å². The van der Waals surface area contributed by atoms with Crippen molar-refractivity contribution < 1.29 is 19.1 Å².